The first-order valence-corrected chi connectivity index (χ1v) is 7.05. The fraction of sp³-hybridized carbons (Fsp3) is 0.562. The van der Waals surface area contributed by atoms with E-state index in [1.54, 1.807) is 4.90 Å². The highest BCUT2D eigenvalue weighted by Crippen LogP contribution is 2.22. The number of carbonyl (C=O) groups is 1. The van der Waals surface area contributed by atoms with Crippen LogP contribution in [0.1, 0.15) is 27.7 Å². The third-order valence-corrected chi connectivity index (χ3v) is 3.14. The third-order valence-electron chi connectivity index (χ3n) is 3.14. The van der Waals surface area contributed by atoms with E-state index < -0.39 is 0 Å². The van der Waals surface area contributed by atoms with E-state index in [-0.39, 0.29) is 18.2 Å². The standard InChI is InChI=1S/C16H27N2O2/c1-12(2)17(13(3)4)16(19)20-15-10-8-14(9-11-15)18(5,6)7/h8-13H,1-7H3/q+1. The molecule has 1 aromatic rings. The number of hydrogen-bond acceptors (Lipinski definition) is 2. The highest BCUT2D eigenvalue weighted by molar-refractivity contribution is 5.71. The van der Waals surface area contributed by atoms with E-state index in [4.69, 9.17) is 4.74 Å². The minimum atomic E-state index is -0.298. The van der Waals surface area contributed by atoms with Crippen molar-refractivity contribution in [3.8, 4) is 5.75 Å². The first-order valence-electron chi connectivity index (χ1n) is 7.05. The number of ether oxygens (including phenoxy) is 1. The molecule has 0 unspecified atom stereocenters. The molecule has 0 aliphatic rings. The Hall–Kier alpha value is -1.55. The van der Waals surface area contributed by atoms with E-state index in [2.05, 4.69) is 21.1 Å². The van der Waals surface area contributed by atoms with Crippen molar-refractivity contribution in [1.82, 2.24) is 9.38 Å². The van der Waals surface area contributed by atoms with Crippen LogP contribution < -0.4 is 9.22 Å². The summed E-state index contributed by atoms with van der Waals surface area (Å²) in [6, 6.07) is 7.89. The smallest absolute Gasteiger partial charge is 0.410 e. The second-order valence-corrected chi connectivity index (χ2v) is 6.47. The molecule has 0 N–H and O–H groups in total. The average molecular weight is 279 g/mol. The summed E-state index contributed by atoms with van der Waals surface area (Å²) in [6.07, 6.45) is -0.298. The molecular weight excluding hydrogens is 252 g/mol. The van der Waals surface area contributed by atoms with Crippen molar-refractivity contribution in [2.24, 2.45) is 0 Å². The van der Waals surface area contributed by atoms with Gasteiger partial charge in [0.1, 0.15) is 11.4 Å². The fourth-order valence-corrected chi connectivity index (χ4v) is 2.13. The second-order valence-electron chi connectivity index (χ2n) is 6.47. The number of nitrogens with zero attached hydrogens (tertiary/aromatic N) is 2. The second kappa shape index (κ2) is 6.27. The maximum Gasteiger partial charge on any atom is 0.415 e. The Bertz CT molecular complexity index is 437. The summed E-state index contributed by atoms with van der Waals surface area (Å²) >= 11 is 0. The van der Waals surface area contributed by atoms with E-state index in [0.717, 1.165) is 10.2 Å². The van der Waals surface area contributed by atoms with Gasteiger partial charge in [0, 0.05) is 24.2 Å². The molecule has 0 heterocycles. The van der Waals surface area contributed by atoms with Crippen molar-refractivity contribution in [3.63, 3.8) is 0 Å². The lowest BCUT2D eigenvalue weighted by Crippen LogP contribution is -2.43. The van der Waals surface area contributed by atoms with E-state index in [1.807, 2.05) is 52.0 Å². The number of carbonyl (C=O) groups excluding carboxylic acids is 1. The summed E-state index contributed by atoms with van der Waals surface area (Å²) in [5.41, 5.74) is 1.16. The molecule has 0 atom stereocenters. The van der Waals surface area contributed by atoms with Crippen molar-refractivity contribution < 1.29 is 9.53 Å². The fourth-order valence-electron chi connectivity index (χ4n) is 2.13. The van der Waals surface area contributed by atoms with E-state index in [9.17, 15) is 4.79 Å². The summed E-state index contributed by atoms with van der Waals surface area (Å²) in [4.78, 5) is 13.9. The van der Waals surface area contributed by atoms with Gasteiger partial charge in [0.2, 0.25) is 0 Å². The molecule has 0 aliphatic carbocycles. The van der Waals surface area contributed by atoms with Crippen molar-refractivity contribution >= 4 is 11.8 Å². The first-order chi connectivity index (χ1) is 9.12. The van der Waals surface area contributed by atoms with Gasteiger partial charge in [0.15, 0.2) is 0 Å². The van der Waals surface area contributed by atoms with Gasteiger partial charge in [-0.2, -0.15) is 0 Å². The molecule has 0 aromatic heterocycles. The topological polar surface area (TPSA) is 29.5 Å². The van der Waals surface area contributed by atoms with Crippen molar-refractivity contribution in [2.45, 2.75) is 39.8 Å². The Balaban J connectivity index is 2.81. The molecule has 0 saturated heterocycles. The van der Waals surface area contributed by atoms with E-state index in [0.29, 0.717) is 5.75 Å². The van der Waals surface area contributed by atoms with Crippen LogP contribution in [0.25, 0.3) is 0 Å². The van der Waals surface area contributed by atoms with Gasteiger partial charge in [-0.1, -0.05) is 0 Å². The summed E-state index contributed by atoms with van der Waals surface area (Å²) in [5.74, 6) is 0.582. The zero-order valence-corrected chi connectivity index (χ0v) is 13.7. The Labute approximate surface area is 122 Å². The molecule has 0 aliphatic heterocycles. The molecule has 1 amide bonds. The molecule has 1 rings (SSSR count). The van der Waals surface area contributed by atoms with Gasteiger partial charge in [0.05, 0.1) is 21.1 Å². The molecule has 112 valence electrons. The van der Waals surface area contributed by atoms with E-state index >= 15 is 0 Å². The summed E-state index contributed by atoms with van der Waals surface area (Å²) in [7, 11) is 6.29. The van der Waals surface area contributed by atoms with Gasteiger partial charge in [-0.25, -0.2) is 4.79 Å². The zero-order chi connectivity index (χ0) is 15.5. The van der Waals surface area contributed by atoms with Gasteiger partial charge in [-0.3, -0.25) is 4.48 Å². The molecule has 0 bridgehead atoms. The molecule has 1 aromatic carbocycles. The molecule has 20 heavy (non-hydrogen) atoms. The molecule has 0 fully saturated rings. The average Bonchev–Trinajstić information content (AvgIpc) is 2.26. The molecular formula is C16H27N2O2+. The van der Waals surface area contributed by atoms with Crippen molar-refractivity contribution in [2.75, 3.05) is 21.1 Å². The van der Waals surface area contributed by atoms with Crippen LogP contribution in [-0.2, 0) is 0 Å². The lowest BCUT2D eigenvalue weighted by Gasteiger charge is -2.29. The lowest BCUT2D eigenvalue weighted by molar-refractivity contribution is 0.122. The van der Waals surface area contributed by atoms with Crippen LogP contribution in [0.4, 0.5) is 10.5 Å². The minimum Gasteiger partial charge on any atom is -0.410 e. The summed E-state index contributed by atoms with van der Waals surface area (Å²) < 4.78 is 6.18. The number of rotatable bonds is 4. The van der Waals surface area contributed by atoms with Gasteiger partial charge >= 0.3 is 6.09 Å². The van der Waals surface area contributed by atoms with Crippen LogP contribution in [0, 0.1) is 0 Å². The van der Waals surface area contributed by atoms with Crippen LogP contribution >= 0.6 is 0 Å². The van der Waals surface area contributed by atoms with Gasteiger partial charge < -0.3 is 9.64 Å². The maximum absolute atomic E-state index is 12.2. The molecule has 0 saturated carbocycles. The van der Waals surface area contributed by atoms with Crippen LogP contribution in [-0.4, -0.2) is 44.2 Å². The Kier molecular flexibility index (Phi) is 5.17. The molecule has 0 radical (unpaired) electrons. The van der Waals surface area contributed by atoms with Crippen LogP contribution in [0.3, 0.4) is 0 Å². The zero-order valence-electron chi connectivity index (χ0n) is 13.7. The number of quaternary nitrogens is 1. The summed E-state index contributed by atoms with van der Waals surface area (Å²) in [5, 5.41) is 0. The highest BCUT2D eigenvalue weighted by atomic mass is 16.6. The van der Waals surface area contributed by atoms with Crippen LogP contribution in [0.5, 0.6) is 5.75 Å². The van der Waals surface area contributed by atoms with Gasteiger partial charge in [-0.15, -0.1) is 0 Å². The minimum absolute atomic E-state index is 0.119. The van der Waals surface area contributed by atoms with Gasteiger partial charge in [-0.05, 0) is 39.8 Å². The Morgan fingerprint density at radius 1 is 1.00 bits per heavy atom. The normalized spacial score (nSPS) is 11.8. The number of hydrogen-bond donors (Lipinski definition) is 0. The molecule has 4 nitrogen and oxygen atoms in total. The lowest BCUT2D eigenvalue weighted by atomic mass is 10.2. The SMILES string of the molecule is CC(C)N(C(=O)Oc1ccc([N+](C)(C)C)cc1)C(C)C. The maximum atomic E-state index is 12.2. The van der Waals surface area contributed by atoms with Crippen LogP contribution in [0.2, 0.25) is 0 Å². The number of amides is 1. The third kappa shape index (κ3) is 4.23. The predicted molar refractivity (Wildman–Crippen MR) is 84.1 cm³/mol. The highest BCUT2D eigenvalue weighted by Gasteiger charge is 2.22. The predicted octanol–water partition coefficient (Wildman–Crippen LogP) is 3.50. The molecule has 4 heteroatoms. The Morgan fingerprint density at radius 3 is 1.80 bits per heavy atom. The van der Waals surface area contributed by atoms with Crippen LogP contribution in [0.15, 0.2) is 24.3 Å². The molecule has 0 spiro atoms. The Morgan fingerprint density at radius 2 is 1.45 bits per heavy atom. The van der Waals surface area contributed by atoms with Crippen molar-refractivity contribution in [1.29, 1.82) is 0 Å². The number of benzene rings is 1. The van der Waals surface area contributed by atoms with E-state index in [1.165, 1.54) is 0 Å². The monoisotopic (exact) mass is 279 g/mol. The first kappa shape index (κ1) is 16.5. The summed E-state index contributed by atoms with van der Waals surface area (Å²) in [6.45, 7) is 7.95. The largest absolute Gasteiger partial charge is 0.415 e. The van der Waals surface area contributed by atoms with Gasteiger partial charge in [0.25, 0.3) is 0 Å². The van der Waals surface area contributed by atoms with Crippen molar-refractivity contribution in [3.05, 3.63) is 24.3 Å². The quantitative estimate of drug-likeness (QED) is 0.789.